The van der Waals surface area contributed by atoms with Crippen molar-refractivity contribution in [3.63, 3.8) is 0 Å². The monoisotopic (exact) mass is 401 g/mol. The second kappa shape index (κ2) is 9.73. The number of nitrogens with zero attached hydrogens (tertiary/aromatic N) is 3. The van der Waals surface area contributed by atoms with Crippen molar-refractivity contribution in [1.82, 2.24) is 20.1 Å². The van der Waals surface area contributed by atoms with Crippen molar-refractivity contribution < 1.29 is 9.59 Å². The van der Waals surface area contributed by atoms with Gasteiger partial charge in [0.25, 0.3) is 5.91 Å². The van der Waals surface area contributed by atoms with Crippen LogP contribution in [0.2, 0.25) is 0 Å². The third-order valence-electron chi connectivity index (χ3n) is 5.17. The number of amides is 2. The van der Waals surface area contributed by atoms with Crippen molar-refractivity contribution in [3.05, 3.63) is 36.2 Å². The number of aromatic nitrogens is 3. The lowest BCUT2D eigenvalue weighted by Gasteiger charge is -2.28. The molecule has 0 atom stereocenters. The molecule has 0 spiro atoms. The Morgan fingerprint density at radius 2 is 2.04 bits per heavy atom. The summed E-state index contributed by atoms with van der Waals surface area (Å²) in [6.45, 7) is 2.23. The van der Waals surface area contributed by atoms with Crippen molar-refractivity contribution >= 4 is 29.3 Å². The maximum Gasteiger partial charge on any atom is 0.251 e. The summed E-state index contributed by atoms with van der Waals surface area (Å²) in [5.41, 5.74) is 1.18. The molecule has 2 amide bonds. The summed E-state index contributed by atoms with van der Waals surface area (Å²) in [6.07, 6.45) is 7.26. The molecule has 150 valence electrons. The fourth-order valence-corrected chi connectivity index (χ4v) is 4.14. The highest BCUT2D eigenvalue weighted by Crippen LogP contribution is 2.26. The molecule has 2 aromatic rings. The molecule has 3 rings (SSSR count). The minimum atomic E-state index is -0.150. The zero-order valence-corrected chi connectivity index (χ0v) is 17.2. The van der Waals surface area contributed by atoms with Crippen LogP contribution in [0.3, 0.4) is 0 Å². The number of carbonyl (C=O) groups is 2. The summed E-state index contributed by atoms with van der Waals surface area (Å²) in [5, 5.41) is 14.4. The molecule has 0 bridgehead atoms. The fourth-order valence-electron chi connectivity index (χ4n) is 3.45. The molecule has 0 aliphatic heterocycles. The van der Waals surface area contributed by atoms with Crippen molar-refractivity contribution in [2.45, 2.75) is 50.2 Å². The van der Waals surface area contributed by atoms with Crippen molar-refractivity contribution in [2.75, 3.05) is 11.1 Å². The number of hydrogen-bond acceptors (Lipinski definition) is 5. The molecular formula is C20H27N5O2S. The van der Waals surface area contributed by atoms with Gasteiger partial charge in [-0.1, -0.05) is 31.2 Å². The van der Waals surface area contributed by atoms with E-state index >= 15 is 0 Å². The van der Waals surface area contributed by atoms with E-state index in [1.165, 1.54) is 31.0 Å². The van der Waals surface area contributed by atoms with Crippen molar-refractivity contribution in [2.24, 2.45) is 13.0 Å². The van der Waals surface area contributed by atoms with Crippen LogP contribution in [0.1, 0.15) is 49.4 Å². The van der Waals surface area contributed by atoms with Gasteiger partial charge in [0, 0.05) is 24.3 Å². The predicted octanol–water partition coefficient (Wildman–Crippen LogP) is 3.24. The van der Waals surface area contributed by atoms with Crippen LogP contribution in [0.15, 0.2) is 35.7 Å². The van der Waals surface area contributed by atoms with Crippen LogP contribution in [0.5, 0.6) is 0 Å². The van der Waals surface area contributed by atoms with Gasteiger partial charge in [0.1, 0.15) is 6.33 Å². The summed E-state index contributed by atoms with van der Waals surface area (Å²) in [5.74, 6) is 0.794. The van der Waals surface area contributed by atoms with E-state index in [1.54, 1.807) is 35.2 Å². The summed E-state index contributed by atoms with van der Waals surface area (Å²) in [7, 11) is 1.83. The molecule has 0 saturated heterocycles. The largest absolute Gasteiger partial charge is 0.349 e. The molecule has 1 heterocycles. The second-order valence-corrected chi connectivity index (χ2v) is 8.18. The Labute approximate surface area is 169 Å². The molecule has 1 fully saturated rings. The summed E-state index contributed by atoms with van der Waals surface area (Å²) in [6, 6.07) is 7.31. The molecule has 28 heavy (non-hydrogen) atoms. The molecule has 1 saturated carbocycles. The Morgan fingerprint density at radius 1 is 1.25 bits per heavy atom. The predicted molar refractivity (Wildman–Crippen MR) is 110 cm³/mol. The first-order chi connectivity index (χ1) is 13.5. The van der Waals surface area contributed by atoms with E-state index in [2.05, 4.69) is 27.8 Å². The number of carbonyl (C=O) groups excluding carboxylic acids is 2. The average molecular weight is 402 g/mol. The number of anilines is 1. The number of benzene rings is 1. The van der Waals surface area contributed by atoms with Gasteiger partial charge in [-0.3, -0.25) is 9.59 Å². The molecule has 7 nitrogen and oxygen atoms in total. The van der Waals surface area contributed by atoms with E-state index in [-0.39, 0.29) is 23.6 Å². The lowest BCUT2D eigenvalue weighted by atomic mass is 9.84. The van der Waals surface area contributed by atoms with Crippen molar-refractivity contribution in [3.8, 4) is 0 Å². The Kier molecular flexibility index (Phi) is 7.08. The molecule has 1 aliphatic rings. The quantitative estimate of drug-likeness (QED) is 0.695. The van der Waals surface area contributed by atoms with E-state index in [9.17, 15) is 9.59 Å². The lowest BCUT2D eigenvalue weighted by molar-refractivity contribution is -0.113. The normalized spacial score (nSPS) is 19.2. The highest BCUT2D eigenvalue weighted by Gasteiger charge is 2.21. The van der Waals surface area contributed by atoms with Crippen LogP contribution in [-0.2, 0) is 11.8 Å². The van der Waals surface area contributed by atoms with Gasteiger partial charge >= 0.3 is 0 Å². The molecule has 1 aliphatic carbocycles. The van der Waals surface area contributed by atoms with Gasteiger partial charge in [-0.15, -0.1) is 10.2 Å². The van der Waals surface area contributed by atoms with Gasteiger partial charge in [-0.05, 0) is 49.8 Å². The third kappa shape index (κ3) is 5.58. The molecule has 2 N–H and O–H groups in total. The SMILES string of the molecule is CCC1CCC(NC(=O)c2cccc(NC(=O)CSc3nncn3C)c2)CC1. The van der Waals surface area contributed by atoms with Gasteiger partial charge < -0.3 is 15.2 Å². The minimum Gasteiger partial charge on any atom is -0.349 e. The second-order valence-electron chi connectivity index (χ2n) is 7.24. The van der Waals surface area contributed by atoms with Gasteiger partial charge in [0.15, 0.2) is 5.16 Å². The zero-order valence-electron chi connectivity index (χ0n) is 16.4. The van der Waals surface area contributed by atoms with E-state index < -0.39 is 0 Å². The summed E-state index contributed by atoms with van der Waals surface area (Å²) in [4.78, 5) is 24.8. The summed E-state index contributed by atoms with van der Waals surface area (Å²) < 4.78 is 1.76. The van der Waals surface area contributed by atoms with Crippen LogP contribution < -0.4 is 10.6 Å². The summed E-state index contributed by atoms with van der Waals surface area (Å²) >= 11 is 1.31. The highest BCUT2D eigenvalue weighted by molar-refractivity contribution is 7.99. The van der Waals surface area contributed by atoms with Crippen LogP contribution >= 0.6 is 11.8 Å². The fraction of sp³-hybridized carbons (Fsp3) is 0.500. The Hall–Kier alpha value is -2.35. The highest BCUT2D eigenvalue weighted by atomic mass is 32.2. The molecule has 0 radical (unpaired) electrons. The first-order valence-electron chi connectivity index (χ1n) is 9.72. The smallest absolute Gasteiger partial charge is 0.251 e. The topological polar surface area (TPSA) is 88.9 Å². The van der Waals surface area contributed by atoms with Crippen LogP contribution in [0, 0.1) is 5.92 Å². The van der Waals surface area contributed by atoms with Crippen LogP contribution in [-0.4, -0.2) is 38.4 Å². The van der Waals surface area contributed by atoms with E-state index in [1.807, 2.05) is 7.05 Å². The number of thioether (sulfide) groups is 1. The first-order valence-corrected chi connectivity index (χ1v) is 10.7. The van der Waals surface area contributed by atoms with Gasteiger partial charge in [0.05, 0.1) is 5.75 Å². The van der Waals surface area contributed by atoms with Crippen molar-refractivity contribution in [1.29, 1.82) is 0 Å². The number of hydrogen-bond donors (Lipinski definition) is 2. The molecule has 1 aromatic heterocycles. The minimum absolute atomic E-state index is 0.0792. The molecule has 0 unspecified atom stereocenters. The molecule has 1 aromatic carbocycles. The standard InChI is InChI=1S/C20H27N5O2S/c1-3-14-7-9-16(10-8-14)23-19(27)15-5-4-6-17(11-15)22-18(26)12-28-20-24-21-13-25(20)2/h4-6,11,13-14,16H,3,7-10,12H2,1-2H3,(H,22,26)(H,23,27). The van der Waals surface area contributed by atoms with Gasteiger partial charge in [-0.2, -0.15) is 0 Å². The first kappa shape index (κ1) is 20.4. The third-order valence-corrected chi connectivity index (χ3v) is 6.20. The molecule has 8 heteroatoms. The van der Waals surface area contributed by atoms with Crippen LogP contribution in [0.4, 0.5) is 5.69 Å². The number of aryl methyl sites for hydroxylation is 1. The van der Waals surface area contributed by atoms with E-state index in [0.717, 1.165) is 18.8 Å². The van der Waals surface area contributed by atoms with Gasteiger partial charge in [-0.25, -0.2) is 0 Å². The molecular weight excluding hydrogens is 374 g/mol. The maximum absolute atomic E-state index is 12.6. The average Bonchev–Trinajstić information content (AvgIpc) is 3.12. The Morgan fingerprint density at radius 3 is 2.71 bits per heavy atom. The maximum atomic E-state index is 12.6. The number of rotatable bonds is 7. The van der Waals surface area contributed by atoms with E-state index in [0.29, 0.717) is 16.4 Å². The lowest BCUT2D eigenvalue weighted by Crippen LogP contribution is -2.37. The zero-order chi connectivity index (χ0) is 19.9. The Balaban J connectivity index is 1.51. The Bertz CT molecular complexity index is 814. The van der Waals surface area contributed by atoms with Crippen LogP contribution in [0.25, 0.3) is 0 Å². The van der Waals surface area contributed by atoms with Gasteiger partial charge in [0.2, 0.25) is 5.91 Å². The van der Waals surface area contributed by atoms with E-state index in [4.69, 9.17) is 0 Å². The number of nitrogens with one attached hydrogen (secondary N) is 2.